The van der Waals surface area contributed by atoms with E-state index in [2.05, 4.69) is 25.2 Å². The molecule has 0 saturated heterocycles. The van der Waals surface area contributed by atoms with Crippen LogP contribution in [-0.2, 0) is 14.8 Å². The molecule has 0 radical (unpaired) electrons. The van der Waals surface area contributed by atoms with Crippen molar-refractivity contribution >= 4 is 27.5 Å². The fourth-order valence-corrected chi connectivity index (χ4v) is 3.78. The minimum Gasteiger partial charge on any atom is -0.331 e. The molecular formula is C16H14FN7O3S. The number of amides is 1. The first-order chi connectivity index (χ1) is 13.3. The van der Waals surface area contributed by atoms with Crippen molar-refractivity contribution in [3.63, 3.8) is 0 Å². The number of anilines is 1. The third kappa shape index (κ3) is 3.29. The molecule has 144 valence electrons. The second-order valence-electron chi connectivity index (χ2n) is 6.07. The average Bonchev–Trinajstić information content (AvgIpc) is 3.07. The van der Waals surface area contributed by atoms with Crippen LogP contribution in [0.15, 0.2) is 46.5 Å². The van der Waals surface area contributed by atoms with Crippen LogP contribution in [0.2, 0.25) is 0 Å². The summed E-state index contributed by atoms with van der Waals surface area (Å²) in [7, 11) is -3.62. The molecule has 28 heavy (non-hydrogen) atoms. The highest BCUT2D eigenvalue weighted by Crippen LogP contribution is 2.22. The summed E-state index contributed by atoms with van der Waals surface area (Å²) in [5, 5.41) is 13.5. The minimum atomic E-state index is -3.62. The zero-order chi connectivity index (χ0) is 19.9. The van der Waals surface area contributed by atoms with E-state index in [9.17, 15) is 17.6 Å². The lowest BCUT2D eigenvalue weighted by Crippen LogP contribution is -2.40. The lowest BCUT2D eigenvalue weighted by Gasteiger charge is -2.28. The number of benzene rings is 1. The van der Waals surface area contributed by atoms with Crippen LogP contribution in [0.4, 0.5) is 10.1 Å². The molecule has 4 rings (SSSR count). The van der Waals surface area contributed by atoms with Crippen molar-refractivity contribution in [3.8, 4) is 5.69 Å². The summed E-state index contributed by atoms with van der Waals surface area (Å²) in [5.74, 6) is -0.828. The molecule has 0 aliphatic carbocycles. The third-order valence-corrected chi connectivity index (χ3v) is 5.31. The summed E-state index contributed by atoms with van der Waals surface area (Å²) in [6, 6.07) is 3.94. The Hall–Kier alpha value is -3.41. The van der Waals surface area contributed by atoms with Gasteiger partial charge in [-0.2, -0.15) is 4.68 Å². The van der Waals surface area contributed by atoms with Crippen LogP contribution in [-0.4, -0.2) is 57.6 Å². The molecule has 3 heterocycles. The summed E-state index contributed by atoms with van der Waals surface area (Å²) in [5.41, 5.74) is 0.449. The number of aryl methyl sites for hydroxylation is 1. The Kier molecular flexibility index (Phi) is 4.26. The molecule has 12 heteroatoms. The Labute approximate surface area is 159 Å². The van der Waals surface area contributed by atoms with Gasteiger partial charge in [0.15, 0.2) is 11.7 Å². The number of halogens is 1. The quantitative estimate of drug-likeness (QED) is 0.794. The highest BCUT2D eigenvalue weighted by Gasteiger charge is 2.30. The molecule has 0 unspecified atom stereocenters. The molecule has 0 bridgehead atoms. The number of nitrogens with zero attached hydrogens (tertiary/aromatic N) is 6. The second-order valence-corrected chi connectivity index (χ2v) is 7.83. The summed E-state index contributed by atoms with van der Waals surface area (Å²) in [4.78, 5) is 14.3. The maximum absolute atomic E-state index is 14.2. The second kappa shape index (κ2) is 6.64. The molecule has 2 aliphatic rings. The topological polar surface area (TPSA) is 122 Å². The normalized spacial score (nSPS) is 17.6. The van der Waals surface area contributed by atoms with Crippen LogP contribution < -0.4 is 5.32 Å². The van der Waals surface area contributed by atoms with Crippen molar-refractivity contribution < 1.29 is 17.6 Å². The van der Waals surface area contributed by atoms with Gasteiger partial charge in [0.2, 0.25) is 0 Å². The number of aromatic nitrogens is 4. The number of carbonyl (C=O) groups is 1. The molecular weight excluding hydrogens is 389 g/mol. The molecule has 1 aromatic carbocycles. The van der Waals surface area contributed by atoms with Gasteiger partial charge in [0.05, 0.1) is 11.3 Å². The van der Waals surface area contributed by atoms with Gasteiger partial charge in [-0.3, -0.25) is 4.79 Å². The Bertz CT molecular complexity index is 1170. The number of carbonyl (C=O) groups excluding carboxylic acids is 1. The van der Waals surface area contributed by atoms with Gasteiger partial charge in [0, 0.05) is 18.4 Å². The predicted molar refractivity (Wildman–Crippen MR) is 97.6 cm³/mol. The number of allylic oxidation sites excluding steroid dienone is 2. The predicted octanol–water partition coefficient (Wildman–Crippen LogP) is 0.546. The number of hydrogen-bond donors (Lipinski definition) is 1. The van der Waals surface area contributed by atoms with E-state index in [1.54, 1.807) is 24.1 Å². The van der Waals surface area contributed by atoms with Crippen molar-refractivity contribution in [2.45, 2.75) is 6.92 Å². The van der Waals surface area contributed by atoms with Crippen molar-refractivity contribution in [2.24, 2.45) is 4.40 Å². The maximum atomic E-state index is 14.2. The molecule has 1 amide bonds. The molecule has 2 aromatic rings. The van der Waals surface area contributed by atoms with E-state index in [1.165, 1.54) is 29.0 Å². The largest absolute Gasteiger partial charge is 0.331 e. The lowest BCUT2D eigenvalue weighted by atomic mass is 10.1. The molecule has 0 saturated carbocycles. The van der Waals surface area contributed by atoms with Crippen molar-refractivity contribution in [3.05, 3.63) is 53.8 Å². The van der Waals surface area contributed by atoms with Gasteiger partial charge < -0.3 is 10.2 Å². The summed E-state index contributed by atoms with van der Waals surface area (Å²) < 4.78 is 42.7. The summed E-state index contributed by atoms with van der Waals surface area (Å²) in [6.07, 6.45) is 4.76. The van der Waals surface area contributed by atoms with E-state index in [4.69, 9.17) is 0 Å². The van der Waals surface area contributed by atoms with Crippen molar-refractivity contribution in [2.75, 3.05) is 17.6 Å². The van der Waals surface area contributed by atoms with Gasteiger partial charge in [-0.05, 0) is 47.7 Å². The minimum absolute atomic E-state index is 0.0601. The Morgan fingerprint density at radius 3 is 2.89 bits per heavy atom. The molecule has 1 aromatic heterocycles. The SMILES string of the molecule is Cc1nnnn1-c1cc(NC(=O)C2=CC=CN3CCS(=O)(=O)N=C23)ccc1F. The third-order valence-electron chi connectivity index (χ3n) is 4.16. The van der Waals surface area contributed by atoms with Crippen LogP contribution in [0.5, 0.6) is 0 Å². The molecule has 0 fully saturated rings. The Balaban J connectivity index is 1.64. The Morgan fingerprint density at radius 1 is 1.32 bits per heavy atom. The molecule has 2 aliphatic heterocycles. The lowest BCUT2D eigenvalue weighted by molar-refractivity contribution is -0.112. The van der Waals surface area contributed by atoms with Crippen molar-refractivity contribution in [1.82, 2.24) is 25.1 Å². The Morgan fingerprint density at radius 2 is 2.14 bits per heavy atom. The first-order valence-electron chi connectivity index (χ1n) is 8.18. The smallest absolute Gasteiger partial charge is 0.259 e. The van der Waals surface area contributed by atoms with Crippen LogP contribution in [0, 0.1) is 12.7 Å². The number of tetrazole rings is 1. The molecule has 0 atom stereocenters. The number of rotatable bonds is 3. The molecule has 10 nitrogen and oxygen atoms in total. The van der Waals surface area contributed by atoms with E-state index < -0.39 is 21.7 Å². The number of fused-ring (bicyclic) bond motifs is 1. The van der Waals surface area contributed by atoms with Crippen LogP contribution >= 0.6 is 0 Å². The van der Waals surface area contributed by atoms with Gasteiger partial charge >= 0.3 is 0 Å². The van der Waals surface area contributed by atoms with E-state index in [-0.39, 0.29) is 35.1 Å². The van der Waals surface area contributed by atoms with Crippen LogP contribution in [0.3, 0.4) is 0 Å². The highest BCUT2D eigenvalue weighted by molar-refractivity contribution is 7.90. The van der Waals surface area contributed by atoms with Gasteiger partial charge in [0.1, 0.15) is 11.5 Å². The molecule has 1 N–H and O–H groups in total. The van der Waals surface area contributed by atoms with Gasteiger partial charge in [0.25, 0.3) is 15.9 Å². The monoisotopic (exact) mass is 403 g/mol. The van der Waals surface area contributed by atoms with Crippen LogP contribution in [0.25, 0.3) is 5.69 Å². The van der Waals surface area contributed by atoms with Gasteiger partial charge in [-0.25, -0.2) is 12.8 Å². The fourth-order valence-electron chi connectivity index (χ4n) is 2.80. The zero-order valence-electron chi connectivity index (χ0n) is 14.6. The highest BCUT2D eigenvalue weighted by atomic mass is 32.2. The average molecular weight is 403 g/mol. The fraction of sp³-hybridized carbons (Fsp3) is 0.188. The van der Waals surface area contributed by atoms with E-state index >= 15 is 0 Å². The number of hydrogen-bond acceptors (Lipinski definition) is 7. The number of amidine groups is 1. The first-order valence-corrected chi connectivity index (χ1v) is 9.79. The number of nitrogens with one attached hydrogen (secondary N) is 1. The zero-order valence-corrected chi connectivity index (χ0v) is 15.4. The first kappa shape index (κ1) is 18.0. The standard InChI is InChI=1S/C16H14FN7O3S/c1-10-19-21-22-24(10)14-9-11(4-5-13(14)17)18-16(25)12-3-2-6-23-7-8-28(26,27)20-15(12)23/h2-6,9H,7-8H2,1H3,(H,18,25). The van der Waals surface area contributed by atoms with E-state index in [0.717, 1.165) is 0 Å². The van der Waals surface area contributed by atoms with Gasteiger partial charge in [-0.15, -0.1) is 9.50 Å². The van der Waals surface area contributed by atoms with Gasteiger partial charge in [-0.1, -0.05) is 0 Å². The number of sulfonamides is 1. The van der Waals surface area contributed by atoms with Crippen LogP contribution in [0.1, 0.15) is 5.82 Å². The van der Waals surface area contributed by atoms with E-state index in [0.29, 0.717) is 5.82 Å². The maximum Gasteiger partial charge on any atom is 0.259 e. The molecule has 0 spiro atoms. The summed E-state index contributed by atoms with van der Waals surface area (Å²) in [6.45, 7) is 1.82. The van der Waals surface area contributed by atoms with Crippen molar-refractivity contribution in [1.29, 1.82) is 0 Å². The summed E-state index contributed by atoms with van der Waals surface area (Å²) >= 11 is 0. The van der Waals surface area contributed by atoms with E-state index in [1.807, 2.05) is 0 Å².